The first-order chi connectivity index (χ1) is 7.77. The highest BCUT2D eigenvalue weighted by molar-refractivity contribution is 7.99. The SMILES string of the molecule is CCCNC(CCO)CSc1nncn1C. The molecular weight excluding hydrogens is 224 g/mol. The minimum Gasteiger partial charge on any atom is -0.396 e. The molecule has 0 saturated heterocycles. The highest BCUT2D eigenvalue weighted by Crippen LogP contribution is 2.15. The van der Waals surface area contributed by atoms with Gasteiger partial charge in [-0.3, -0.25) is 0 Å². The third kappa shape index (κ3) is 4.51. The van der Waals surface area contributed by atoms with Gasteiger partial charge in [0.2, 0.25) is 0 Å². The van der Waals surface area contributed by atoms with Crippen molar-refractivity contribution in [1.29, 1.82) is 0 Å². The first-order valence-corrected chi connectivity index (χ1v) is 6.57. The second-order valence-electron chi connectivity index (χ2n) is 3.70. The van der Waals surface area contributed by atoms with Crippen LogP contribution in [0, 0.1) is 0 Å². The van der Waals surface area contributed by atoms with Gasteiger partial charge in [-0.25, -0.2) is 0 Å². The molecule has 0 bridgehead atoms. The van der Waals surface area contributed by atoms with Crippen LogP contribution in [0.15, 0.2) is 11.5 Å². The van der Waals surface area contributed by atoms with Crippen molar-refractivity contribution in [2.75, 3.05) is 18.9 Å². The van der Waals surface area contributed by atoms with Crippen LogP contribution < -0.4 is 5.32 Å². The maximum absolute atomic E-state index is 8.97. The largest absolute Gasteiger partial charge is 0.396 e. The number of nitrogens with one attached hydrogen (secondary N) is 1. The summed E-state index contributed by atoms with van der Waals surface area (Å²) in [5.74, 6) is 0.910. The van der Waals surface area contributed by atoms with E-state index in [0.717, 1.165) is 30.3 Å². The number of aliphatic hydroxyl groups is 1. The zero-order chi connectivity index (χ0) is 11.8. The summed E-state index contributed by atoms with van der Waals surface area (Å²) in [5.41, 5.74) is 0. The number of rotatable bonds is 8. The van der Waals surface area contributed by atoms with Crippen LogP contribution in [0.5, 0.6) is 0 Å². The van der Waals surface area contributed by atoms with Crippen LogP contribution in [0.2, 0.25) is 0 Å². The normalized spacial score (nSPS) is 12.9. The second kappa shape index (κ2) is 7.65. The van der Waals surface area contributed by atoms with E-state index in [1.165, 1.54) is 0 Å². The van der Waals surface area contributed by atoms with Gasteiger partial charge in [0, 0.05) is 25.4 Å². The molecule has 5 nitrogen and oxygen atoms in total. The molecule has 0 fully saturated rings. The zero-order valence-corrected chi connectivity index (χ0v) is 10.7. The Bertz CT molecular complexity index is 292. The zero-order valence-electron chi connectivity index (χ0n) is 9.89. The van der Waals surface area contributed by atoms with Crippen LogP contribution in [0.25, 0.3) is 0 Å². The molecule has 0 aliphatic heterocycles. The lowest BCUT2D eigenvalue weighted by Crippen LogP contribution is -2.32. The lowest BCUT2D eigenvalue weighted by Gasteiger charge is -2.16. The van der Waals surface area contributed by atoms with Gasteiger partial charge in [0.1, 0.15) is 6.33 Å². The predicted molar refractivity (Wildman–Crippen MR) is 65.5 cm³/mol. The molecule has 0 saturated carbocycles. The summed E-state index contributed by atoms with van der Waals surface area (Å²) in [6.45, 7) is 3.35. The Labute approximate surface area is 101 Å². The molecule has 0 radical (unpaired) electrons. The van der Waals surface area contributed by atoms with E-state index in [2.05, 4.69) is 22.4 Å². The van der Waals surface area contributed by atoms with Crippen molar-refractivity contribution < 1.29 is 5.11 Å². The van der Waals surface area contributed by atoms with Crippen LogP contribution >= 0.6 is 11.8 Å². The van der Waals surface area contributed by atoms with E-state index in [0.29, 0.717) is 6.04 Å². The molecule has 0 aliphatic carbocycles. The van der Waals surface area contributed by atoms with Crippen molar-refractivity contribution in [3.63, 3.8) is 0 Å². The molecule has 0 aliphatic rings. The van der Waals surface area contributed by atoms with Crippen LogP contribution in [0.1, 0.15) is 19.8 Å². The summed E-state index contributed by atoms with van der Waals surface area (Å²) in [6, 6.07) is 0.339. The van der Waals surface area contributed by atoms with Gasteiger partial charge in [-0.2, -0.15) is 0 Å². The maximum Gasteiger partial charge on any atom is 0.190 e. The molecule has 0 aromatic carbocycles. The van der Waals surface area contributed by atoms with Crippen molar-refractivity contribution in [3.8, 4) is 0 Å². The lowest BCUT2D eigenvalue weighted by atomic mass is 10.2. The molecule has 92 valence electrons. The van der Waals surface area contributed by atoms with Crippen LogP contribution in [-0.2, 0) is 7.05 Å². The van der Waals surface area contributed by atoms with Crippen molar-refractivity contribution in [2.24, 2.45) is 7.05 Å². The highest BCUT2D eigenvalue weighted by Gasteiger charge is 2.09. The van der Waals surface area contributed by atoms with E-state index in [1.54, 1.807) is 18.1 Å². The average molecular weight is 244 g/mol. The van der Waals surface area contributed by atoms with Gasteiger partial charge in [-0.15, -0.1) is 10.2 Å². The predicted octanol–water partition coefficient (Wildman–Crippen LogP) is 0.658. The smallest absolute Gasteiger partial charge is 0.190 e. The van der Waals surface area contributed by atoms with Crippen molar-refractivity contribution in [2.45, 2.75) is 31.0 Å². The highest BCUT2D eigenvalue weighted by atomic mass is 32.2. The second-order valence-corrected chi connectivity index (χ2v) is 4.69. The van der Waals surface area contributed by atoms with Gasteiger partial charge in [0.15, 0.2) is 5.16 Å². The molecule has 16 heavy (non-hydrogen) atoms. The average Bonchev–Trinajstić information content (AvgIpc) is 2.68. The molecule has 1 aromatic rings. The molecule has 0 amide bonds. The number of aromatic nitrogens is 3. The Morgan fingerprint density at radius 1 is 1.62 bits per heavy atom. The van der Waals surface area contributed by atoms with E-state index < -0.39 is 0 Å². The summed E-state index contributed by atoms with van der Waals surface area (Å²) in [5, 5.41) is 21.1. The third-order valence-electron chi connectivity index (χ3n) is 2.24. The summed E-state index contributed by atoms with van der Waals surface area (Å²) in [7, 11) is 1.93. The summed E-state index contributed by atoms with van der Waals surface area (Å²) < 4.78 is 1.90. The van der Waals surface area contributed by atoms with Gasteiger partial charge in [0.25, 0.3) is 0 Å². The molecule has 6 heteroatoms. The number of hydrogen-bond donors (Lipinski definition) is 2. The van der Waals surface area contributed by atoms with E-state index in [1.807, 2.05) is 11.6 Å². The molecule has 1 unspecified atom stereocenters. The van der Waals surface area contributed by atoms with Crippen LogP contribution in [0.3, 0.4) is 0 Å². The lowest BCUT2D eigenvalue weighted by molar-refractivity contribution is 0.270. The Balaban J connectivity index is 2.34. The molecule has 1 atom stereocenters. The molecule has 2 N–H and O–H groups in total. The van der Waals surface area contributed by atoms with Gasteiger partial charge in [0.05, 0.1) is 0 Å². The summed E-state index contributed by atoms with van der Waals surface area (Å²) >= 11 is 1.67. The molecular formula is C10H20N4OS. The number of thioether (sulfide) groups is 1. The molecule has 1 heterocycles. The Kier molecular flexibility index (Phi) is 6.44. The number of aliphatic hydroxyl groups excluding tert-OH is 1. The van der Waals surface area contributed by atoms with Crippen LogP contribution in [-0.4, -0.2) is 44.8 Å². The monoisotopic (exact) mass is 244 g/mol. The maximum atomic E-state index is 8.97. The summed E-state index contributed by atoms with van der Waals surface area (Å²) in [6.07, 6.45) is 3.59. The van der Waals surface area contributed by atoms with Gasteiger partial charge >= 0.3 is 0 Å². The topological polar surface area (TPSA) is 63.0 Å². The standard InChI is InChI=1S/C10H20N4OS/c1-3-5-11-9(4-6-15)7-16-10-13-12-8-14(10)2/h8-9,11,15H,3-7H2,1-2H3. The quantitative estimate of drug-likeness (QED) is 0.658. The third-order valence-corrected chi connectivity index (χ3v) is 3.44. The number of hydrogen-bond acceptors (Lipinski definition) is 5. The van der Waals surface area contributed by atoms with Gasteiger partial charge in [-0.05, 0) is 19.4 Å². The van der Waals surface area contributed by atoms with E-state index in [4.69, 9.17) is 5.11 Å². The number of nitrogens with zero attached hydrogens (tertiary/aromatic N) is 3. The fourth-order valence-corrected chi connectivity index (χ4v) is 2.32. The Hall–Kier alpha value is -0.590. The van der Waals surface area contributed by atoms with Crippen molar-refractivity contribution >= 4 is 11.8 Å². The van der Waals surface area contributed by atoms with Crippen LogP contribution in [0.4, 0.5) is 0 Å². The van der Waals surface area contributed by atoms with Crippen molar-refractivity contribution in [3.05, 3.63) is 6.33 Å². The van der Waals surface area contributed by atoms with Gasteiger partial charge < -0.3 is 15.0 Å². The molecule has 1 aromatic heterocycles. The summed E-state index contributed by atoms with van der Waals surface area (Å²) in [4.78, 5) is 0. The fraction of sp³-hybridized carbons (Fsp3) is 0.800. The first kappa shape index (κ1) is 13.5. The first-order valence-electron chi connectivity index (χ1n) is 5.59. The van der Waals surface area contributed by atoms with E-state index in [9.17, 15) is 0 Å². The van der Waals surface area contributed by atoms with E-state index in [-0.39, 0.29) is 6.61 Å². The minimum absolute atomic E-state index is 0.223. The minimum atomic E-state index is 0.223. The van der Waals surface area contributed by atoms with Crippen molar-refractivity contribution in [1.82, 2.24) is 20.1 Å². The Morgan fingerprint density at radius 2 is 2.44 bits per heavy atom. The Morgan fingerprint density at radius 3 is 3.00 bits per heavy atom. The number of aryl methyl sites for hydroxylation is 1. The molecule has 1 rings (SSSR count). The molecule has 0 spiro atoms. The van der Waals surface area contributed by atoms with Gasteiger partial charge in [-0.1, -0.05) is 18.7 Å². The fourth-order valence-electron chi connectivity index (χ4n) is 1.33. The van der Waals surface area contributed by atoms with E-state index >= 15 is 0 Å².